The lowest BCUT2D eigenvalue weighted by Crippen LogP contribution is -2.57. The molecule has 1 aromatic heterocycles. The summed E-state index contributed by atoms with van der Waals surface area (Å²) >= 11 is 0. The molecule has 1 aromatic carbocycles. The number of benzene rings is 1. The number of ether oxygens (including phenoxy) is 2. The van der Waals surface area contributed by atoms with Crippen LogP contribution in [0.1, 0.15) is 15.9 Å². The lowest BCUT2D eigenvalue weighted by atomic mass is 9.76. The van der Waals surface area contributed by atoms with Crippen LogP contribution in [0, 0.1) is 11.2 Å². The molecular formula is C25H18F4N2O4. The van der Waals surface area contributed by atoms with Gasteiger partial charge in [0.25, 0.3) is 5.91 Å². The fraction of sp³-hybridized carbons (Fsp3) is 0.280. The number of hydrogen-bond acceptors (Lipinski definition) is 5. The van der Waals surface area contributed by atoms with Crippen molar-refractivity contribution >= 4 is 5.91 Å². The topological polar surface area (TPSA) is 71.9 Å². The molecule has 1 fully saturated rings. The molecule has 0 radical (unpaired) electrons. The van der Waals surface area contributed by atoms with Crippen LogP contribution in [0.4, 0.5) is 17.6 Å². The molecule has 35 heavy (non-hydrogen) atoms. The Hall–Kier alpha value is -3.50. The molecule has 2 aliphatic carbocycles. The fourth-order valence-corrected chi connectivity index (χ4v) is 4.84. The normalized spacial score (nSPS) is 23.8. The molecule has 3 heterocycles. The largest absolute Gasteiger partial charge is 0.483 e. The highest BCUT2D eigenvalue weighted by molar-refractivity contribution is 6.01. The first-order chi connectivity index (χ1) is 16.6. The van der Waals surface area contributed by atoms with Gasteiger partial charge >= 0.3 is 6.18 Å². The van der Waals surface area contributed by atoms with Gasteiger partial charge in [-0.3, -0.25) is 9.78 Å². The number of aliphatic hydroxyl groups is 1. The zero-order valence-electron chi connectivity index (χ0n) is 18.1. The molecule has 2 aromatic rings. The first-order valence-electron chi connectivity index (χ1n) is 10.8. The van der Waals surface area contributed by atoms with E-state index >= 15 is 0 Å². The van der Waals surface area contributed by atoms with E-state index < -0.39 is 29.6 Å². The van der Waals surface area contributed by atoms with Crippen molar-refractivity contribution in [2.75, 3.05) is 19.8 Å². The Kier molecular flexibility index (Phi) is 4.56. The van der Waals surface area contributed by atoms with Crippen LogP contribution >= 0.6 is 0 Å². The van der Waals surface area contributed by atoms with E-state index in [1.807, 2.05) is 18.2 Å². The van der Waals surface area contributed by atoms with Crippen LogP contribution in [0.5, 0.6) is 5.75 Å². The Balaban J connectivity index is 1.31. The van der Waals surface area contributed by atoms with Gasteiger partial charge < -0.3 is 19.5 Å². The minimum atomic E-state index is -4.60. The summed E-state index contributed by atoms with van der Waals surface area (Å²) in [6.07, 6.45) is 4.19. The third-order valence-corrected chi connectivity index (χ3v) is 6.80. The lowest BCUT2D eigenvalue weighted by molar-refractivity contribution is -0.201. The number of halogens is 4. The lowest BCUT2D eigenvalue weighted by Gasteiger charge is -2.44. The maximum Gasteiger partial charge on any atom is 0.422 e. The Morgan fingerprint density at radius 2 is 2.00 bits per heavy atom. The molecule has 10 heteroatoms. The van der Waals surface area contributed by atoms with Gasteiger partial charge in [0.15, 0.2) is 6.61 Å². The molecule has 6 nitrogen and oxygen atoms in total. The Labute approximate surface area is 196 Å². The van der Waals surface area contributed by atoms with Crippen LogP contribution in [0.3, 0.4) is 0 Å². The van der Waals surface area contributed by atoms with Gasteiger partial charge in [0, 0.05) is 34.7 Å². The number of carbonyl (C=O) groups is 1. The number of aromatic nitrogens is 1. The van der Waals surface area contributed by atoms with Crippen molar-refractivity contribution in [2.45, 2.75) is 18.3 Å². The van der Waals surface area contributed by atoms with Crippen LogP contribution in [0.2, 0.25) is 0 Å². The summed E-state index contributed by atoms with van der Waals surface area (Å²) in [4.78, 5) is 19.1. The smallest absolute Gasteiger partial charge is 0.422 e. The number of rotatable bonds is 5. The second kappa shape index (κ2) is 7.25. The van der Waals surface area contributed by atoms with Crippen molar-refractivity contribution in [1.82, 2.24) is 9.88 Å². The van der Waals surface area contributed by atoms with Crippen LogP contribution in [0.25, 0.3) is 11.3 Å². The highest BCUT2D eigenvalue weighted by atomic mass is 19.4. The fourth-order valence-electron chi connectivity index (χ4n) is 4.84. The highest BCUT2D eigenvalue weighted by Gasteiger charge is 2.61. The van der Waals surface area contributed by atoms with Gasteiger partial charge in [-0.25, -0.2) is 4.39 Å². The number of pyridine rings is 1. The summed E-state index contributed by atoms with van der Waals surface area (Å²) < 4.78 is 62.1. The zero-order chi connectivity index (χ0) is 24.6. The summed E-state index contributed by atoms with van der Waals surface area (Å²) in [5.74, 6) is -1.36. The molecule has 0 saturated carbocycles. The van der Waals surface area contributed by atoms with E-state index in [-0.39, 0.29) is 42.7 Å². The Morgan fingerprint density at radius 3 is 2.69 bits per heavy atom. The van der Waals surface area contributed by atoms with Gasteiger partial charge in [-0.05, 0) is 35.9 Å². The number of hydrogen-bond donors (Lipinski definition) is 1. The molecule has 1 unspecified atom stereocenters. The average Bonchev–Trinajstić information content (AvgIpc) is 3.45. The van der Waals surface area contributed by atoms with Crippen molar-refractivity contribution in [3.05, 3.63) is 83.0 Å². The molecule has 2 aliphatic heterocycles. The summed E-state index contributed by atoms with van der Waals surface area (Å²) in [7, 11) is 0. The first-order valence-corrected chi connectivity index (χ1v) is 10.8. The summed E-state index contributed by atoms with van der Waals surface area (Å²) in [5.41, 5.74) is 1.22. The minimum absolute atomic E-state index is 0.122. The first kappa shape index (κ1) is 22.0. The predicted octanol–water partition coefficient (Wildman–Crippen LogP) is 3.93. The summed E-state index contributed by atoms with van der Waals surface area (Å²) in [6.45, 7) is -0.993. The number of alkyl halides is 3. The molecule has 0 spiro atoms. The maximum absolute atomic E-state index is 13.8. The predicted molar refractivity (Wildman–Crippen MR) is 115 cm³/mol. The molecule has 1 atom stereocenters. The van der Waals surface area contributed by atoms with E-state index in [0.29, 0.717) is 16.8 Å². The van der Waals surface area contributed by atoms with Gasteiger partial charge in [-0.1, -0.05) is 12.2 Å². The van der Waals surface area contributed by atoms with Crippen LogP contribution in [-0.4, -0.2) is 52.5 Å². The average molecular weight is 486 g/mol. The van der Waals surface area contributed by atoms with Crippen LogP contribution < -0.4 is 4.74 Å². The van der Waals surface area contributed by atoms with E-state index in [4.69, 9.17) is 9.47 Å². The number of amides is 1. The molecule has 0 bridgehead atoms. The summed E-state index contributed by atoms with van der Waals surface area (Å²) in [5, 5.41) is 10.7. The molecule has 1 amide bonds. The van der Waals surface area contributed by atoms with Gasteiger partial charge in [-0.2, -0.15) is 13.2 Å². The maximum atomic E-state index is 13.8. The molecule has 180 valence electrons. The second-order valence-electron chi connectivity index (χ2n) is 9.02. The number of carbonyl (C=O) groups excluding carboxylic acids is 1. The molecule has 6 rings (SSSR count). The Morgan fingerprint density at radius 1 is 1.20 bits per heavy atom. The van der Waals surface area contributed by atoms with Crippen molar-refractivity contribution in [3.63, 3.8) is 0 Å². The van der Waals surface area contributed by atoms with E-state index in [1.165, 1.54) is 17.2 Å². The minimum Gasteiger partial charge on any atom is -0.483 e. The Bertz CT molecular complexity index is 1360. The number of allylic oxidation sites excluding steroid dienone is 2. The van der Waals surface area contributed by atoms with E-state index in [1.54, 1.807) is 12.1 Å². The van der Waals surface area contributed by atoms with Crippen molar-refractivity contribution in [2.24, 2.45) is 5.41 Å². The third-order valence-electron chi connectivity index (χ3n) is 6.80. The van der Waals surface area contributed by atoms with E-state index in [0.717, 1.165) is 17.7 Å². The van der Waals surface area contributed by atoms with Crippen LogP contribution in [-0.2, 0) is 11.3 Å². The van der Waals surface area contributed by atoms with Gasteiger partial charge in [0.05, 0.1) is 30.9 Å². The summed E-state index contributed by atoms with van der Waals surface area (Å²) in [6, 6.07) is 4.81. The third kappa shape index (κ3) is 3.39. The van der Waals surface area contributed by atoms with E-state index in [2.05, 4.69) is 4.98 Å². The molecular weight excluding hydrogens is 468 g/mol. The molecule has 1 N–H and O–H groups in total. The quantitative estimate of drug-likeness (QED) is 0.649. The zero-order valence-corrected chi connectivity index (χ0v) is 18.1. The van der Waals surface area contributed by atoms with Crippen molar-refractivity contribution in [3.8, 4) is 17.0 Å². The SMILES string of the molecule is O=C1c2ccnc(-c3ccc(F)cc3OCC(F)(F)F)c2CN1C1=CC2=CC2(C2(O)COC2)C=C1. The van der Waals surface area contributed by atoms with E-state index in [9.17, 15) is 27.5 Å². The van der Waals surface area contributed by atoms with Gasteiger partial charge in [0.1, 0.15) is 17.2 Å². The van der Waals surface area contributed by atoms with Crippen LogP contribution in [0.15, 0.2) is 66.0 Å². The molecule has 1 saturated heterocycles. The monoisotopic (exact) mass is 486 g/mol. The molecule has 4 aliphatic rings. The second-order valence-corrected chi connectivity index (χ2v) is 9.02. The van der Waals surface area contributed by atoms with Crippen molar-refractivity contribution in [1.29, 1.82) is 0 Å². The van der Waals surface area contributed by atoms with Gasteiger partial charge in [0.2, 0.25) is 0 Å². The highest BCUT2D eigenvalue weighted by Crippen LogP contribution is 2.59. The number of nitrogens with zero attached hydrogens (tertiary/aromatic N) is 2. The van der Waals surface area contributed by atoms with Gasteiger partial charge in [-0.15, -0.1) is 0 Å². The standard InChI is InChI=1S/C25H18F4N2O4/c26-15-1-2-18(20(8-15)35-13-25(27,28)29)21-19-10-31(22(32)17(19)4-6-30-21)16-3-5-23(9-14(23)7-16)24(33)11-34-12-24/h1-9,33H,10-13H2. The van der Waals surface area contributed by atoms with Crippen molar-refractivity contribution < 1.29 is 36.9 Å². The number of fused-ring (bicyclic) bond motifs is 2.